The lowest BCUT2D eigenvalue weighted by molar-refractivity contribution is -0.288. The molecule has 17 heteroatoms. The van der Waals surface area contributed by atoms with Gasteiger partial charge in [-0.1, -0.05) is 18.2 Å². The van der Waals surface area contributed by atoms with Crippen LogP contribution in [0, 0.1) is 0 Å². The molecule has 5 atom stereocenters. The van der Waals surface area contributed by atoms with Crippen LogP contribution in [0.2, 0.25) is 0 Å². The first-order valence-electron chi connectivity index (χ1n) is 22.9. The number of pyridine rings is 3. The van der Waals surface area contributed by atoms with Crippen LogP contribution in [0.1, 0.15) is 50.5 Å². The predicted molar refractivity (Wildman–Crippen MR) is 267 cm³/mol. The number of rotatable bonds is 11. The van der Waals surface area contributed by atoms with Crippen molar-refractivity contribution in [3.05, 3.63) is 145 Å². The lowest BCUT2D eigenvalue weighted by Crippen LogP contribution is -2.63. The largest absolute Gasteiger partial charge is 0.463 e. The second-order valence-corrected chi connectivity index (χ2v) is 16.9. The van der Waals surface area contributed by atoms with Crippen LogP contribution in [0.25, 0.3) is 90.9 Å². The topological polar surface area (TPSA) is 220 Å². The maximum Gasteiger partial charge on any atom is 0.303 e. The van der Waals surface area contributed by atoms with Gasteiger partial charge in [0.15, 0.2) is 12.2 Å². The number of esters is 4. The van der Waals surface area contributed by atoms with Gasteiger partial charge in [0.1, 0.15) is 18.5 Å². The van der Waals surface area contributed by atoms with Crippen LogP contribution in [0.3, 0.4) is 0 Å². The molecule has 8 bridgehead atoms. The molecule has 3 aliphatic heterocycles. The van der Waals surface area contributed by atoms with Gasteiger partial charge in [0.25, 0.3) is 0 Å². The van der Waals surface area contributed by atoms with E-state index in [-0.39, 0.29) is 5.75 Å². The molecule has 72 heavy (non-hydrogen) atoms. The Morgan fingerprint density at radius 1 is 0.486 bits per heavy atom. The summed E-state index contributed by atoms with van der Waals surface area (Å²) in [5.41, 5.74) is 11.8. The van der Waals surface area contributed by atoms with Crippen molar-refractivity contribution in [1.29, 1.82) is 0 Å². The normalized spacial score (nSPS) is 18.0. The van der Waals surface area contributed by atoms with E-state index in [0.717, 1.165) is 69.5 Å². The molecule has 17 nitrogen and oxygen atoms in total. The quantitative estimate of drug-likeness (QED) is 0.0913. The minimum atomic E-state index is -1.52. The fourth-order valence-electron chi connectivity index (χ4n) is 9.14. The maximum atomic E-state index is 12.8. The van der Waals surface area contributed by atoms with Crippen molar-refractivity contribution in [3.8, 4) is 50.3 Å². The minimum Gasteiger partial charge on any atom is -0.463 e. The Kier molecular flexibility index (Phi) is 13.0. The van der Waals surface area contributed by atoms with Crippen LogP contribution in [0.4, 0.5) is 0 Å². The molecule has 360 valence electrons. The molecule has 0 spiro atoms. The highest BCUT2D eigenvalue weighted by atomic mass is 16.7. The summed E-state index contributed by atoms with van der Waals surface area (Å²) in [4.78, 5) is 81.2. The zero-order chi connectivity index (χ0) is 49.9. The van der Waals surface area contributed by atoms with Crippen molar-refractivity contribution in [2.24, 2.45) is 0 Å². The van der Waals surface area contributed by atoms with Gasteiger partial charge in [0.2, 0.25) is 12.4 Å². The highest BCUT2D eigenvalue weighted by molar-refractivity contribution is 6.00. The minimum absolute atomic E-state index is 0.232. The molecule has 0 aliphatic carbocycles. The Balaban J connectivity index is 1.24. The van der Waals surface area contributed by atoms with Crippen LogP contribution < -0.4 is 4.74 Å². The molecule has 1 saturated heterocycles. The van der Waals surface area contributed by atoms with Gasteiger partial charge in [-0.2, -0.15) is 0 Å². The van der Waals surface area contributed by atoms with E-state index in [2.05, 4.69) is 24.9 Å². The number of hydrogen-bond donors (Lipinski definition) is 2. The maximum absolute atomic E-state index is 12.8. The smallest absolute Gasteiger partial charge is 0.303 e. The molecule has 10 rings (SSSR count). The van der Waals surface area contributed by atoms with Crippen molar-refractivity contribution in [3.63, 3.8) is 0 Å². The molecule has 2 N–H and O–H groups in total. The van der Waals surface area contributed by atoms with Crippen molar-refractivity contribution in [2.45, 2.75) is 58.4 Å². The average molecular weight is 964 g/mol. The third kappa shape index (κ3) is 9.60. The van der Waals surface area contributed by atoms with Gasteiger partial charge >= 0.3 is 23.9 Å². The summed E-state index contributed by atoms with van der Waals surface area (Å²) in [6, 6.07) is 26.8. The number of H-pyrrole nitrogens is 2. The monoisotopic (exact) mass is 963 g/mol. The van der Waals surface area contributed by atoms with Gasteiger partial charge in [-0.15, -0.1) is 0 Å². The molecule has 0 unspecified atom stereocenters. The van der Waals surface area contributed by atoms with Crippen molar-refractivity contribution in [2.75, 3.05) is 6.61 Å². The van der Waals surface area contributed by atoms with E-state index in [4.69, 9.17) is 38.4 Å². The number of para-hydroxylation sites is 1. The van der Waals surface area contributed by atoms with Gasteiger partial charge in [-0.25, -0.2) is 9.97 Å². The molecule has 1 aromatic carbocycles. The number of nitrogens with zero attached hydrogens (tertiary/aromatic N) is 5. The molecule has 3 aliphatic rings. The third-order valence-corrected chi connectivity index (χ3v) is 12.0. The lowest BCUT2D eigenvalue weighted by Gasteiger charge is -2.44. The average Bonchev–Trinajstić information content (AvgIpc) is 4.23. The highest BCUT2D eigenvalue weighted by Gasteiger charge is 2.53. The number of aromatic nitrogens is 7. The molecule has 0 saturated carbocycles. The van der Waals surface area contributed by atoms with Crippen LogP contribution >= 0.6 is 0 Å². The Labute approximate surface area is 411 Å². The Morgan fingerprint density at radius 2 is 0.889 bits per heavy atom. The van der Waals surface area contributed by atoms with Crippen LogP contribution in [-0.4, -0.2) is 96.1 Å². The summed E-state index contributed by atoms with van der Waals surface area (Å²) in [5.74, 6) is -2.71. The summed E-state index contributed by atoms with van der Waals surface area (Å²) in [5, 5.41) is 0. The van der Waals surface area contributed by atoms with Crippen LogP contribution in [0.5, 0.6) is 5.75 Å². The molecule has 9 heterocycles. The van der Waals surface area contributed by atoms with Crippen molar-refractivity contribution in [1.82, 2.24) is 34.9 Å². The van der Waals surface area contributed by atoms with E-state index in [1.165, 1.54) is 13.8 Å². The Morgan fingerprint density at radius 3 is 1.33 bits per heavy atom. The standard InChI is InChI=1S/C55H45N7O10/c1-30(63)67-29-47-52(68-31(2)64)53(69-32(3)65)54(70-33(4)66)55(72-47)71-46-8-6-5-7-37(46)51-44-15-13-42(61-44)49(35-19-25-57-26-20-35)40-11-9-38(59-40)48(34-17-23-56-24-18-34)39-10-12-41(60-39)50(36-21-27-58-28-22-36)43-14-16-45(51)62-43/h5-28,47,52-55,59,62H,29H2,1-4H3/t47-,52-,53+,54-,55-/m1/s1. The van der Waals surface area contributed by atoms with E-state index in [1.807, 2.05) is 97.1 Å². The number of carbonyl (C=O) groups excluding carboxylic acids is 4. The summed E-state index contributed by atoms with van der Waals surface area (Å²) in [6.07, 6.45) is 11.2. The summed E-state index contributed by atoms with van der Waals surface area (Å²) < 4.78 is 35.7. The van der Waals surface area contributed by atoms with E-state index >= 15 is 0 Å². The van der Waals surface area contributed by atoms with E-state index in [1.54, 1.807) is 49.3 Å². The second kappa shape index (κ2) is 20.1. The SMILES string of the molecule is CC(=O)OC[C@H]1O[C@@H](Oc2ccccc2-c2c3nc(c(-c4ccncc4)c4ccc([nH]4)c(-c4ccncc4)c4nc(c(-c5ccncc5)c5ccc2[nH]5)C=C4)C=C3)[C@H](OC(C)=O)[C@@H](OC(C)=O)[C@@H]1OC(C)=O. The number of aromatic amines is 2. The van der Waals surface area contributed by atoms with E-state index in [0.29, 0.717) is 33.7 Å². The molecular weight excluding hydrogens is 919 g/mol. The first-order valence-corrected chi connectivity index (χ1v) is 22.9. The fourth-order valence-corrected chi connectivity index (χ4v) is 9.14. The molecule has 0 amide bonds. The summed E-state index contributed by atoms with van der Waals surface area (Å²) in [6.45, 7) is 4.26. The summed E-state index contributed by atoms with van der Waals surface area (Å²) in [7, 11) is 0. The first-order chi connectivity index (χ1) is 35.0. The van der Waals surface area contributed by atoms with Crippen LogP contribution in [-0.2, 0) is 42.9 Å². The Bertz CT molecular complexity index is 3430. The fraction of sp³-hybridized carbons (Fsp3) is 0.182. The van der Waals surface area contributed by atoms with Crippen molar-refractivity contribution >= 4 is 70.2 Å². The Hall–Kier alpha value is -9.09. The van der Waals surface area contributed by atoms with Crippen molar-refractivity contribution < 1.29 is 47.6 Å². The third-order valence-electron chi connectivity index (χ3n) is 12.0. The molecule has 0 radical (unpaired) electrons. The molecule has 7 aromatic rings. The van der Waals surface area contributed by atoms with Gasteiger partial charge in [-0.05, 0) is 108 Å². The van der Waals surface area contributed by atoms with Gasteiger partial charge in [0.05, 0.1) is 22.8 Å². The van der Waals surface area contributed by atoms with Crippen LogP contribution in [0.15, 0.2) is 122 Å². The second-order valence-electron chi connectivity index (χ2n) is 16.9. The number of hydrogen-bond acceptors (Lipinski definition) is 15. The highest BCUT2D eigenvalue weighted by Crippen LogP contribution is 2.42. The number of fused-ring (bicyclic) bond motifs is 8. The number of ether oxygens (including phenoxy) is 6. The summed E-state index contributed by atoms with van der Waals surface area (Å²) >= 11 is 0. The lowest BCUT2D eigenvalue weighted by atomic mass is 9.97. The number of benzene rings is 1. The predicted octanol–water partition coefficient (Wildman–Crippen LogP) is 8.97. The molecule has 1 fully saturated rings. The van der Waals surface area contributed by atoms with Gasteiger partial charge in [-0.3, -0.25) is 34.1 Å². The zero-order valence-corrected chi connectivity index (χ0v) is 39.3. The van der Waals surface area contributed by atoms with Gasteiger partial charge in [0, 0.05) is 115 Å². The zero-order valence-electron chi connectivity index (χ0n) is 39.3. The van der Waals surface area contributed by atoms with E-state index in [9.17, 15) is 19.2 Å². The first kappa shape index (κ1) is 46.6. The number of carbonyl (C=O) groups is 4. The molecule has 6 aromatic heterocycles. The molecular formula is C55H45N7O10. The van der Waals surface area contributed by atoms with E-state index < -0.39 is 61.2 Å². The number of nitrogens with one attached hydrogen (secondary N) is 2. The van der Waals surface area contributed by atoms with Gasteiger partial charge < -0.3 is 38.4 Å².